The van der Waals surface area contributed by atoms with E-state index < -0.39 is 0 Å². The van der Waals surface area contributed by atoms with Gasteiger partial charge in [0.05, 0.1) is 13.7 Å². The van der Waals surface area contributed by atoms with Crippen molar-refractivity contribution in [3.05, 3.63) is 29.3 Å². The first-order valence-electron chi connectivity index (χ1n) is 5.68. The summed E-state index contributed by atoms with van der Waals surface area (Å²) in [6, 6.07) is 5.98. The van der Waals surface area contributed by atoms with Crippen molar-refractivity contribution in [2.45, 2.75) is 19.8 Å². The molecule has 1 amide bonds. The van der Waals surface area contributed by atoms with E-state index in [1.165, 1.54) is 5.56 Å². The van der Waals surface area contributed by atoms with Gasteiger partial charge in [0.25, 0.3) is 0 Å². The van der Waals surface area contributed by atoms with Gasteiger partial charge in [0, 0.05) is 13.0 Å². The van der Waals surface area contributed by atoms with Crippen LogP contribution in [-0.4, -0.2) is 31.3 Å². The number of aliphatic hydroxyl groups excluding tert-OH is 1. The zero-order valence-electron chi connectivity index (χ0n) is 10.3. The lowest BCUT2D eigenvalue weighted by Crippen LogP contribution is -2.26. The number of aryl methyl sites for hydroxylation is 1. The lowest BCUT2D eigenvalue weighted by molar-refractivity contribution is -0.121. The van der Waals surface area contributed by atoms with Crippen LogP contribution in [0.1, 0.15) is 17.5 Å². The van der Waals surface area contributed by atoms with Gasteiger partial charge in [-0.15, -0.1) is 0 Å². The average molecular weight is 237 g/mol. The van der Waals surface area contributed by atoms with Crippen LogP contribution in [0.4, 0.5) is 0 Å². The van der Waals surface area contributed by atoms with E-state index >= 15 is 0 Å². The summed E-state index contributed by atoms with van der Waals surface area (Å²) >= 11 is 0. The first-order chi connectivity index (χ1) is 8.17. The Morgan fingerprint density at radius 2 is 2.24 bits per heavy atom. The minimum atomic E-state index is -0.126. The van der Waals surface area contributed by atoms with Crippen LogP contribution < -0.4 is 10.1 Å². The molecule has 0 aliphatic carbocycles. The molecule has 0 unspecified atom stereocenters. The van der Waals surface area contributed by atoms with Crippen LogP contribution >= 0.6 is 0 Å². The normalized spacial score (nSPS) is 10.1. The predicted molar refractivity (Wildman–Crippen MR) is 66.1 cm³/mol. The number of carbonyl (C=O) groups excluding carboxylic acids is 1. The third-order valence-electron chi connectivity index (χ3n) is 2.49. The molecule has 1 rings (SSSR count). The minimum Gasteiger partial charge on any atom is -0.496 e. The summed E-state index contributed by atoms with van der Waals surface area (Å²) in [4.78, 5) is 11.2. The van der Waals surface area contributed by atoms with E-state index in [0.717, 1.165) is 17.7 Å². The van der Waals surface area contributed by atoms with E-state index in [1.54, 1.807) is 7.11 Å². The van der Waals surface area contributed by atoms with Crippen molar-refractivity contribution in [3.8, 4) is 5.75 Å². The lowest BCUT2D eigenvalue weighted by atomic mass is 10.1. The lowest BCUT2D eigenvalue weighted by Gasteiger charge is -2.10. The zero-order valence-corrected chi connectivity index (χ0v) is 10.3. The molecule has 0 spiro atoms. The van der Waals surface area contributed by atoms with Crippen molar-refractivity contribution in [2.24, 2.45) is 0 Å². The smallest absolute Gasteiger partial charge is 0.222 e. The number of carbonyl (C=O) groups is 1. The summed E-state index contributed by atoms with van der Waals surface area (Å²) < 4.78 is 5.25. The fourth-order valence-corrected chi connectivity index (χ4v) is 1.63. The van der Waals surface area contributed by atoms with Gasteiger partial charge in [-0.3, -0.25) is 4.79 Å². The molecule has 0 atom stereocenters. The van der Waals surface area contributed by atoms with Crippen LogP contribution in [0.2, 0.25) is 0 Å². The molecule has 0 aliphatic heterocycles. The van der Waals surface area contributed by atoms with Crippen LogP contribution in [-0.2, 0) is 11.2 Å². The molecule has 0 fully saturated rings. The predicted octanol–water partition coefficient (Wildman–Crippen LogP) is 1.04. The molecule has 0 bridgehead atoms. The van der Waals surface area contributed by atoms with E-state index in [4.69, 9.17) is 9.84 Å². The molecule has 0 radical (unpaired) electrons. The maximum atomic E-state index is 11.2. The average Bonchev–Trinajstić information content (AvgIpc) is 2.30. The minimum absolute atomic E-state index is 0.112. The standard InChI is InChI=1S/C13H19NO3/c1-10-3-4-12(17-2)11(9-10)5-7-14-13(16)6-8-15/h3-4,9,15H,5-8H2,1-2H3,(H,14,16). The first kappa shape index (κ1) is 13.5. The molecule has 1 aromatic rings. The second kappa shape index (κ2) is 6.91. The molecule has 0 aliphatic rings. The van der Waals surface area contributed by atoms with Gasteiger partial charge in [0.2, 0.25) is 5.91 Å². The van der Waals surface area contributed by atoms with E-state index in [-0.39, 0.29) is 18.9 Å². The molecule has 4 heteroatoms. The number of ether oxygens (including phenoxy) is 1. The molecule has 17 heavy (non-hydrogen) atoms. The largest absolute Gasteiger partial charge is 0.496 e. The van der Waals surface area contributed by atoms with Crippen LogP contribution in [0.5, 0.6) is 5.75 Å². The zero-order chi connectivity index (χ0) is 12.7. The SMILES string of the molecule is COc1ccc(C)cc1CCNC(=O)CCO. The number of benzene rings is 1. The summed E-state index contributed by atoms with van der Waals surface area (Å²) in [6.07, 6.45) is 0.882. The van der Waals surface area contributed by atoms with Crippen LogP contribution in [0, 0.1) is 6.92 Å². The van der Waals surface area contributed by atoms with E-state index in [0.29, 0.717) is 6.54 Å². The third-order valence-corrected chi connectivity index (χ3v) is 2.49. The van der Waals surface area contributed by atoms with E-state index in [1.807, 2.05) is 19.1 Å². The Morgan fingerprint density at radius 3 is 2.88 bits per heavy atom. The highest BCUT2D eigenvalue weighted by Gasteiger charge is 2.04. The number of hydrogen-bond acceptors (Lipinski definition) is 3. The van der Waals surface area contributed by atoms with Crippen molar-refractivity contribution in [1.29, 1.82) is 0 Å². The fourth-order valence-electron chi connectivity index (χ4n) is 1.63. The second-order valence-electron chi connectivity index (χ2n) is 3.89. The molecular formula is C13H19NO3. The Kier molecular flexibility index (Phi) is 5.49. The van der Waals surface area contributed by atoms with Gasteiger partial charge in [-0.25, -0.2) is 0 Å². The van der Waals surface area contributed by atoms with Gasteiger partial charge in [0.15, 0.2) is 0 Å². The van der Waals surface area contributed by atoms with Gasteiger partial charge in [-0.2, -0.15) is 0 Å². The highest BCUT2D eigenvalue weighted by atomic mass is 16.5. The first-order valence-corrected chi connectivity index (χ1v) is 5.68. The number of rotatable bonds is 6. The van der Waals surface area contributed by atoms with Crippen LogP contribution in [0.3, 0.4) is 0 Å². The third kappa shape index (κ3) is 4.44. The van der Waals surface area contributed by atoms with Gasteiger partial charge in [-0.1, -0.05) is 17.7 Å². The Hall–Kier alpha value is -1.55. The molecule has 2 N–H and O–H groups in total. The van der Waals surface area contributed by atoms with Crippen LogP contribution in [0.15, 0.2) is 18.2 Å². The number of methoxy groups -OCH3 is 1. The Labute approximate surface area is 102 Å². The van der Waals surface area contributed by atoms with Crippen molar-refractivity contribution >= 4 is 5.91 Å². The van der Waals surface area contributed by atoms with Crippen molar-refractivity contribution < 1.29 is 14.6 Å². The molecule has 0 saturated heterocycles. The highest BCUT2D eigenvalue weighted by Crippen LogP contribution is 2.19. The Morgan fingerprint density at radius 1 is 1.47 bits per heavy atom. The molecular weight excluding hydrogens is 218 g/mol. The summed E-state index contributed by atoms with van der Waals surface area (Å²) in [5, 5.41) is 11.3. The van der Waals surface area contributed by atoms with E-state index in [9.17, 15) is 4.79 Å². The summed E-state index contributed by atoms with van der Waals surface area (Å²) in [5.74, 6) is 0.714. The molecule has 0 saturated carbocycles. The molecule has 0 heterocycles. The number of nitrogens with one attached hydrogen (secondary N) is 1. The van der Waals surface area contributed by atoms with Crippen molar-refractivity contribution in [3.63, 3.8) is 0 Å². The van der Waals surface area contributed by atoms with Crippen LogP contribution in [0.25, 0.3) is 0 Å². The summed E-state index contributed by atoms with van der Waals surface area (Å²) in [7, 11) is 1.64. The molecule has 1 aromatic carbocycles. The quantitative estimate of drug-likeness (QED) is 0.777. The highest BCUT2D eigenvalue weighted by molar-refractivity contribution is 5.75. The Balaban J connectivity index is 2.50. The van der Waals surface area contributed by atoms with Gasteiger partial charge < -0.3 is 15.2 Å². The summed E-state index contributed by atoms with van der Waals surface area (Å²) in [5.41, 5.74) is 2.25. The molecule has 94 valence electrons. The number of hydrogen-bond donors (Lipinski definition) is 2. The van der Waals surface area contributed by atoms with E-state index in [2.05, 4.69) is 11.4 Å². The monoisotopic (exact) mass is 237 g/mol. The van der Waals surface area contributed by atoms with Crippen molar-refractivity contribution in [1.82, 2.24) is 5.32 Å². The fraction of sp³-hybridized carbons (Fsp3) is 0.462. The van der Waals surface area contributed by atoms with Crippen molar-refractivity contribution in [2.75, 3.05) is 20.3 Å². The maximum absolute atomic E-state index is 11.2. The second-order valence-corrected chi connectivity index (χ2v) is 3.89. The summed E-state index contributed by atoms with van der Waals surface area (Å²) in [6.45, 7) is 2.46. The number of amides is 1. The van der Waals surface area contributed by atoms with Gasteiger partial charge in [0.1, 0.15) is 5.75 Å². The molecule has 4 nitrogen and oxygen atoms in total. The van der Waals surface area contributed by atoms with Gasteiger partial charge >= 0.3 is 0 Å². The Bertz CT molecular complexity index is 377. The molecule has 0 aromatic heterocycles. The van der Waals surface area contributed by atoms with Gasteiger partial charge in [-0.05, 0) is 25.0 Å². The topological polar surface area (TPSA) is 58.6 Å². The number of aliphatic hydroxyl groups is 1. The maximum Gasteiger partial charge on any atom is 0.222 e.